The van der Waals surface area contributed by atoms with Crippen LogP contribution >= 0.6 is 51.2 Å². The minimum absolute atomic E-state index is 0. The molecule has 2 rings (SSSR count). The van der Waals surface area contributed by atoms with E-state index in [-0.39, 0.29) is 24.0 Å². The normalized spacial score (nSPS) is 10.9. The number of aryl methyl sites for hydroxylation is 1. The number of nitrogens with zero attached hydrogens (tertiary/aromatic N) is 1. The molecular weight excluding hydrogens is 489 g/mol. The van der Waals surface area contributed by atoms with E-state index < -0.39 is 0 Å². The average molecular weight is 510 g/mol. The highest BCUT2D eigenvalue weighted by Crippen LogP contribution is 2.25. The number of nitrogens with one attached hydrogen (secondary N) is 2. The molecule has 0 atom stereocenters. The molecule has 1 aromatic carbocycles. The molecule has 0 aliphatic carbocycles. The second kappa shape index (κ2) is 10.1. The van der Waals surface area contributed by atoms with Gasteiger partial charge >= 0.3 is 0 Å². The smallest absolute Gasteiger partial charge is 0.191 e. The molecule has 0 fully saturated rings. The molecule has 0 amide bonds. The molecule has 126 valence electrons. The first-order valence-corrected chi connectivity index (χ1v) is 8.55. The molecular formula is C16H21BrIN3OS. The van der Waals surface area contributed by atoms with Crippen LogP contribution in [0.4, 0.5) is 0 Å². The molecule has 0 bridgehead atoms. The number of guanidine groups is 1. The van der Waals surface area contributed by atoms with Crippen molar-refractivity contribution in [3.8, 4) is 5.75 Å². The van der Waals surface area contributed by atoms with Crippen molar-refractivity contribution in [2.45, 2.75) is 20.0 Å². The van der Waals surface area contributed by atoms with Crippen molar-refractivity contribution in [3.05, 3.63) is 50.1 Å². The zero-order chi connectivity index (χ0) is 15.9. The van der Waals surface area contributed by atoms with Gasteiger partial charge in [-0.25, -0.2) is 0 Å². The molecule has 4 nitrogen and oxygen atoms in total. The number of benzene rings is 1. The fourth-order valence-corrected chi connectivity index (χ4v) is 3.40. The minimum Gasteiger partial charge on any atom is -0.496 e. The van der Waals surface area contributed by atoms with Crippen LogP contribution in [-0.2, 0) is 13.1 Å². The zero-order valence-corrected chi connectivity index (χ0v) is 18.1. The summed E-state index contributed by atoms with van der Waals surface area (Å²) in [6.45, 7) is 3.60. The van der Waals surface area contributed by atoms with Gasteiger partial charge in [0.1, 0.15) is 5.75 Å². The van der Waals surface area contributed by atoms with Crippen molar-refractivity contribution in [1.29, 1.82) is 0 Å². The summed E-state index contributed by atoms with van der Waals surface area (Å²) in [5.74, 6) is 1.62. The van der Waals surface area contributed by atoms with Crippen LogP contribution in [0, 0.1) is 6.92 Å². The van der Waals surface area contributed by atoms with E-state index >= 15 is 0 Å². The first-order valence-electron chi connectivity index (χ1n) is 6.94. The van der Waals surface area contributed by atoms with Crippen molar-refractivity contribution in [1.82, 2.24) is 10.6 Å². The van der Waals surface area contributed by atoms with Gasteiger partial charge in [0.05, 0.1) is 18.1 Å². The standard InChI is InChI=1S/C16H20BrN3OS.HI/c1-11-4-6-13(22-11)10-20-16(18-2)19-9-12-5-7-15(21-3)14(17)8-12;/h4-8H,9-10H2,1-3H3,(H2,18,19,20);1H. The van der Waals surface area contributed by atoms with Crippen LogP contribution < -0.4 is 15.4 Å². The van der Waals surface area contributed by atoms with Crippen molar-refractivity contribution in [2.24, 2.45) is 4.99 Å². The molecule has 1 heterocycles. The van der Waals surface area contributed by atoms with Crippen LogP contribution in [0.3, 0.4) is 0 Å². The number of thiophene rings is 1. The molecule has 7 heteroatoms. The Hall–Kier alpha value is -0.800. The third-order valence-corrected chi connectivity index (χ3v) is 4.75. The SMILES string of the molecule is CN=C(NCc1ccc(OC)c(Br)c1)NCc1ccc(C)s1.I. The van der Waals surface area contributed by atoms with Crippen molar-refractivity contribution >= 4 is 57.2 Å². The van der Waals surface area contributed by atoms with Crippen LogP contribution in [0.15, 0.2) is 39.8 Å². The Morgan fingerprint density at radius 3 is 2.52 bits per heavy atom. The van der Waals surface area contributed by atoms with E-state index in [1.807, 2.05) is 18.2 Å². The van der Waals surface area contributed by atoms with Gasteiger partial charge in [-0.2, -0.15) is 0 Å². The second-order valence-electron chi connectivity index (χ2n) is 4.76. The van der Waals surface area contributed by atoms with Gasteiger partial charge in [0.2, 0.25) is 0 Å². The van der Waals surface area contributed by atoms with Gasteiger partial charge in [0.25, 0.3) is 0 Å². The maximum Gasteiger partial charge on any atom is 0.191 e. The highest BCUT2D eigenvalue weighted by atomic mass is 127. The summed E-state index contributed by atoms with van der Waals surface area (Å²) in [4.78, 5) is 6.86. The first-order chi connectivity index (χ1) is 10.6. The second-order valence-corrected chi connectivity index (χ2v) is 6.99. The summed E-state index contributed by atoms with van der Waals surface area (Å²) >= 11 is 5.29. The lowest BCUT2D eigenvalue weighted by molar-refractivity contribution is 0.412. The third-order valence-electron chi connectivity index (χ3n) is 3.13. The molecule has 0 spiro atoms. The summed E-state index contributed by atoms with van der Waals surface area (Å²) in [5.41, 5.74) is 1.16. The van der Waals surface area contributed by atoms with Gasteiger partial charge in [0.15, 0.2) is 5.96 Å². The molecule has 1 aromatic heterocycles. The summed E-state index contributed by atoms with van der Waals surface area (Å²) < 4.78 is 6.18. The molecule has 2 aromatic rings. The number of hydrogen-bond donors (Lipinski definition) is 2. The Morgan fingerprint density at radius 2 is 1.96 bits per heavy atom. The quantitative estimate of drug-likeness (QED) is 0.358. The summed E-state index contributed by atoms with van der Waals surface area (Å²) in [6, 6.07) is 10.3. The fourth-order valence-electron chi connectivity index (χ4n) is 1.98. The largest absolute Gasteiger partial charge is 0.496 e. The summed E-state index contributed by atoms with van der Waals surface area (Å²) in [6.07, 6.45) is 0. The predicted molar refractivity (Wildman–Crippen MR) is 112 cm³/mol. The van der Waals surface area contributed by atoms with Crippen molar-refractivity contribution in [3.63, 3.8) is 0 Å². The Labute approximate surface area is 166 Å². The van der Waals surface area contributed by atoms with Crippen LogP contribution in [-0.4, -0.2) is 20.1 Å². The lowest BCUT2D eigenvalue weighted by Gasteiger charge is -2.12. The Kier molecular flexibility index (Phi) is 8.93. The molecule has 2 N–H and O–H groups in total. The summed E-state index contributed by atoms with van der Waals surface area (Å²) in [7, 11) is 3.44. The number of ether oxygens (including phenoxy) is 1. The highest BCUT2D eigenvalue weighted by Gasteiger charge is 2.03. The first kappa shape index (κ1) is 20.2. The van der Waals surface area contributed by atoms with Crippen LogP contribution in [0.2, 0.25) is 0 Å². The average Bonchev–Trinajstić information content (AvgIpc) is 2.93. The predicted octanol–water partition coefficient (Wildman–Crippen LogP) is 4.31. The zero-order valence-electron chi connectivity index (χ0n) is 13.4. The van der Waals surface area contributed by atoms with Crippen LogP contribution in [0.25, 0.3) is 0 Å². The van der Waals surface area contributed by atoms with Gasteiger partial charge in [-0.15, -0.1) is 35.3 Å². The van der Waals surface area contributed by atoms with Gasteiger partial charge in [-0.05, 0) is 52.7 Å². The Morgan fingerprint density at radius 1 is 1.22 bits per heavy atom. The lowest BCUT2D eigenvalue weighted by atomic mass is 10.2. The Bertz CT molecular complexity index is 661. The number of hydrogen-bond acceptors (Lipinski definition) is 3. The molecule has 0 saturated heterocycles. The maximum atomic E-state index is 5.23. The fraction of sp³-hybridized carbons (Fsp3) is 0.312. The van der Waals surface area contributed by atoms with E-state index in [2.05, 4.69) is 50.6 Å². The third kappa shape index (κ3) is 6.31. The Balaban J connectivity index is 0.00000264. The van der Waals surface area contributed by atoms with Gasteiger partial charge in [-0.3, -0.25) is 4.99 Å². The van der Waals surface area contributed by atoms with E-state index in [0.717, 1.165) is 28.3 Å². The highest BCUT2D eigenvalue weighted by molar-refractivity contribution is 14.0. The topological polar surface area (TPSA) is 45.7 Å². The molecule has 0 aliphatic heterocycles. The van der Waals surface area contributed by atoms with E-state index in [4.69, 9.17) is 4.74 Å². The van der Waals surface area contributed by atoms with E-state index in [1.54, 1.807) is 25.5 Å². The molecule has 23 heavy (non-hydrogen) atoms. The van der Waals surface area contributed by atoms with Crippen LogP contribution in [0.1, 0.15) is 15.3 Å². The van der Waals surface area contributed by atoms with Gasteiger partial charge < -0.3 is 15.4 Å². The summed E-state index contributed by atoms with van der Waals surface area (Å²) in [5, 5.41) is 6.63. The monoisotopic (exact) mass is 509 g/mol. The van der Waals surface area contributed by atoms with Gasteiger partial charge in [0, 0.05) is 23.3 Å². The van der Waals surface area contributed by atoms with E-state index in [1.165, 1.54) is 9.75 Å². The van der Waals surface area contributed by atoms with E-state index in [0.29, 0.717) is 6.54 Å². The lowest BCUT2D eigenvalue weighted by Crippen LogP contribution is -2.36. The maximum absolute atomic E-state index is 5.23. The van der Waals surface area contributed by atoms with Crippen molar-refractivity contribution < 1.29 is 4.74 Å². The number of methoxy groups -OCH3 is 1. The minimum atomic E-state index is 0. The number of halogens is 2. The number of aliphatic imine (C=N–C) groups is 1. The number of rotatable bonds is 5. The van der Waals surface area contributed by atoms with Gasteiger partial charge in [-0.1, -0.05) is 6.07 Å². The van der Waals surface area contributed by atoms with Crippen LogP contribution in [0.5, 0.6) is 5.75 Å². The molecule has 0 aliphatic rings. The van der Waals surface area contributed by atoms with E-state index in [9.17, 15) is 0 Å². The molecule has 0 unspecified atom stereocenters. The molecule has 0 radical (unpaired) electrons. The van der Waals surface area contributed by atoms with Crippen molar-refractivity contribution in [2.75, 3.05) is 14.2 Å². The molecule has 0 saturated carbocycles.